The Labute approximate surface area is 129 Å². The summed E-state index contributed by atoms with van der Waals surface area (Å²) in [6, 6.07) is 7.92. The second kappa shape index (κ2) is 6.16. The highest BCUT2D eigenvalue weighted by molar-refractivity contribution is 5.45. The number of hydrogen-bond acceptors (Lipinski definition) is 6. The van der Waals surface area contributed by atoms with Crippen LogP contribution in [0.15, 0.2) is 22.7 Å². The maximum absolute atomic E-state index is 9.16. The highest BCUT2D eigenvalue weighted by atomic mass is 16.5. The molecule has 0 spiro atoms. The molecule has 0 amide bonds. The zero-order valence-electron chi connectivity index (χ0n) is 12.7. The fourth-order valence-electron chi connectivity index (χ4n) is 2.86. The number of ether oxygens (including phenoxy) is 1. The number of benzene rings is 1. The lowest BCUT2D eigenvalue weighted by atomic mass is 10.1. The van der Waals surface area contributed by atoms with Gasteiger partial charge in [0.05, 0.1) is 18.6 Å². The Balaban J connectivity index is 1.66. The molecular formula is C16H18N4O2. The van der Waals surface area contributed by atoms with Gasteiger partial charge in [0.15, 0.2) is 5.82 Å². The number of nitriles is 1. The first kappa shape index (κ1) is 14.5. The summed E-state index contributed by atoms with van der Waals surface area (Å²) in [7, 11) is 1.58. The Bertz CT molecular complexity index is 704. The SMILES string of the molecule is COc1ccc(CN2CCC(c3nc(C)no3)C2)cc1C#N. The molecule has 1 aliphatic heterocycles. The lowest BCUT2D eigenvalue weighted by Gasteiger charge is -2.16. The monoisotopic (exact) mass is 298 g/mol. The van der Waals surface area contributed by atoms with Crippen LogP contribution in [0.3, 0.4) is 0 Å². The van der Waals surface area contributed by atoms with Gasteiger partial charge in [-0.2, -0.15) is 10.2 Å². The van der Waals surface area contributed by atoms with Crippen LogP contribution in [0, 0.1) is 18.3 Å². The highest BCUT2D eigenvalue weighted by Crippen LogP contribution is 2.28. The molecule has 6 heteroatoms. The van der Waals surface area contributed by atoms with Crippen molar-refractivity contribution in [1.82, 2.24) is 15.0 Å². The smallest absolute Gasteiger partial charge is 0.231 e. The van der Waals surface area contributed by atoms with Gasteiger partial charge in [0.1, 0.15) is 11.8 Å². The Hall–Kier alpha value is -2.39. The van der Waals surface area contributed by atoms with E-state index < -0.39 is 0 Å². The number of nitrogens with zero attached hydrogens (tertiary/aromatic N) is 4. The number of rotatable bonds is 4. The third kappa shape index (κ3) is 2.95. The summed E-state index contributed by atoms with van der Waals surface area (Å²) >= 11 is 0. The summed E-state index contributed by atoms with van der Waals surface area (Å²) in [6.45, 7) is 4.53. The van der Waals surface area contributed by atoms with E-state index in [1.165, 1.54) is 0 Å². The Kier molecular flexibility index (Phi) is 4.07. The van der Waals surface area contributed by atoms with E-state index in [-0.39, 0.29) is 0 Å². The summed E-state index contributed by atoms with van der Waals surface area (Å²) in [4.78, 5) is 6.66. The van der Waals surface area contributed by atoms with Crippen LogP contribution in [-0.4, -0.2) is 35.2 Å². The topological polar surface area (TPSA) is 75.2 Å². The van der Waals surface area contributed by atoms with Crippen molar-refractivity contribution in [2.75, 3.05) is 20.2 Å². The van der Waals surface area contributed by atoms with Crippen molar-refractivity contribution in [2.24, 2.45) is 0 Å². The summed E-state index contributed by atoms with van der Waals surface area (Å²) < 4.78 is 10.4. The van der Waals surface area contributed by atoms with Crippen LogP contribution in [0.5, 0.6) is 5.75 Å². The van der Waals surface area contributed by atoms with Crippen LogP contribution in [0.4, 0.5) is 0 Å². The van der Waals surface area contributed by atoms with Crippen molar-refractivity contribution in [1.29, 1.82) is 5.26 Å². The number of hydrogen-bond donors (Lipinski definition) is 0. The molecule has 22 heavy (non-hydrogen) atoms. The van der Waals surface area contributed by atoms with Gasteiger partial charge in [0.2, 0.25) is 5.89 Å². The van der Waals surface area contributed by atoms with Crippen LogP contribution in [0.2, 0.25) is 0 Å². The molecule has 0 saturated carbocycles. The van der Waals surface area contributed by atoms with Crippen molar-refractivity contribution in [3.05, 3.63) is 41.0 Å². The molecule has 1 aliphatic rings. The molecule has 2 aromatic rings. The average Bonchev–Trinajstić information content (AvgIpc) is 3.16. The van der Waals surface area contributed by atoms with Gasteiger partial charge in [-0.25, -0.2) is 0 Å². The van der Waals surface area contributed by atoms with Crippen molar-refractivity contribution >= 4 is 0 Å². The van der Waals surface area contributed by atoms with E-state index in [1.54, 1.807) is 7.11 Å². The molecule has 0 radical (unpaired) electrons. The Morgan fingerprint density at radius 1 is 1.50 bits per heavy atom. The fraction of sp³-hybridized carbons (Fsp3) is 0.438. The second-order valence-corrected chi connectivity index (χ2v) is 5.55. The molecule has 1 aromatic carbocycles. The molecule has 6 nitrogen and oxygen atoms in total. The lowest BCUT2D eigenvalue weighted by Crippen LogP contribution is -2.19. The van der Waals surface area contributed by atoms with Gasteiger partial charge in [-0.05, 0) is 37.6 Å². The van der Waals surface area contributed by atoms with E-state index in [9.17, 15) is 0 Å². The van der Waals surface area contributed by atoms with E-state index in [2.05, 4.69) is 21.1 Å². The third-order valence-corrected chi connectivity index (χ3v) is 3.96. The molecule has 1 atom stereocenters. The van der Waals surface area contributed by atoms with Crippen LogP contribution >= 0.6 is 0 Å². The summed E-state index contributed by atoms with van der Waals surface area (Å²) in [5.41, 5.74) is 1.68. The van der Waals surface area contributed by atoms with Crippen molar-refractivity contribution < 1.29 is 9.26 Å². The van der Waals surface area contributed by atoms with Crippen LogP contribution in [-0.2, 0) is 6.54 Å². The van der Waals surface area contributed by atoms with Gasteiger partial charge in [-0.3, -0.25) is 4.90 Å². The minimum atomic E-state index is 0.301. The third-order valence-electron chi connectivity index (χ3n) is 3.96. The molecule has 1 aromatic heterocycles. The van der Waals surface area contributed by atoms with Gasteiger partial charge in [0, 0.05) is 13.1 Å². The maximum Gasteiger partial charge on any atom is 0.231 e. The van der Waals surface area contributed by atoms with Crippen LogP contribution in [0.1, 0.15) is 35.2 Å². The first-order chi connectivity index (χ1) is 10.7. The number of aromatic nitrogens is 2. The molecule has 0 aliphatic carbocycles. The molecule has 1 unspecified atom stereocenters. The predicted molar refractivity (Wildman–Crippen MR) is 79.4 cm³/mol. The molecule has 1 fully saturated rings. The molecule has 3 rings (SSSR count). The van der Waals surface area contributed by atoms with Gasteiger partial charge < -0.3 is 9.26 Å². The van der Waals surface area contributed by atoms with Gasteiger partial charge >= 0.3 is 0 Å². The quantitative estimate of drug-likeness (QED) is 0.861. The molecule has 1 saturated heterocycles. The maximum atomic E-state index is 9.16. The zero-order valence-corrected chi connectivity index (χ0v) is 12.7. The van der Waals surface area contributed by atoms with Crippen LogP contribution < -0.4 is 4.74 Å². The average molecular weight is 298 g/mol. The fourth-order valence-corrected chi connectivity index (χ4v) is 2.86. The second-order valence-electron chi connectivity index (χ2n) is 5.55. The summed E-state index contributed by atoms with van der Waals surface area (Å²) in [5, 5.41) is 13.0. The number of likely N-dealkylation sites (tertiary alicyclic amines) is 1. The Morgan fingerprint density at radius 2 is 2.36 bits per heavy atom. The largest absolute Gasteiger partial charge is 0.495 e. The van der Waals surface area contributed by atoms with Gasteiger partial charge in [-0.1, -0.05) is 11.2 Å². The van der Waals surface area contributed by atoms with Crippen molar-refractivity contribution in [2.45, 2.75) is 25.8 Å². The van der Waals surface area contributed by atoms with Crippen LogP contribution in [0.25, 0.3) is 0 Å². The minimum Gasteiger partial charge on any atom is -0.495 e. The molecule has 114 valence electrons. The van der Waals surface area contributed by atoms with E-state index in [0.717, 1.165) is 37.5 Å². The number of aryl methyl sites for hydroxylation is 1. The standard InChI is InChI=1S/C16H18N4O2/c1-11-18-16(22-19-11)13-5-6-20(10-13)9-12-3-4-15(21-2)14(7-12)8-17/h3-4,7,13H,5-6,9-10H2,1-2H3. The van der Waals surface area contributed by atoms with E-state index in [1.807, 2.05) is 25.1 Å². The van der Waals surface area contributed by atoms with Crippen molar-refractivity contribution in [3.63, 3.8) is 0 Å². The van der Waals surface area contributed by atoms with E-state index >= 15 is 0 Å². The van der Waals surface area contributed by atoms with Gasteiger partial charge in [0.25, 0.3) is 0 Å². The summed E-state index contributed by atoms with van der Waals surface area (Å²) in [5.74, 6) is 2.33. The molecule has 0 bridgehead atoms. The zero-order chi connectivity index (χ0) is 15.5. The first-order valence-corrected chi connectivity index (χ1v) is 7.29. The normalized spacial score (nSPS) is 18.3. The summed E-state index contributed by atoms with van der Waals surface area (Å²) in [6.07, 6.45) is 1.02. The van der Waals surface area contributed by atoms with E-state index in [0.29, 0.717) is 23.1 Å². The molecular weight excluding hydrogens is 280 g/mol. The molecule has 2 heterocycles. The van der Waals surface area contributed by atoms with E-state index in [4.69, 9.17) is 14.5 Å². The lowest BCUT2D eigenvalue weighted by molar-refractivity contribution is 0.308. The molecule has 0 N–H and O–H groups in total. The number of methoxy groups -OCH3 is 1. The van der Waals surface area contributed by atoms with Crippen molar-refractivity contribution in [3.8, 4) is 11.8 Å². The Morgan fingerprint density at radius 3 is 3.05 bits per heavy atom. The predicted octanol–water partition coefficient (Wildman–Crippen LogP) is 2.25. The van der Waals surface area contributed by atoms with Gasteiger partial charge in [-0.15, -0.1) is 0 Å². The first-order valence-electron chi connectivity index (χ1n) is 7.29. The highest BCUT2D eigenvalue weighted by Gasteiger charge is 2.28. The minimum absolute atomic E-state index is 0.301.